The number of nitrogens with one attached hydrogen (secondary N) is 1. The number of aliphatic hydroxyl groups excluding tert-OH is 1. The number of amides is 1. The zero-order valence-corrected chi connectivity index (χ0v) is 13.6. The van der Waals surface area contributed by atoms with Crippen LogP contribution in [-0.4, -0.2) is 55.7 Å². The zero-order chi connectivity index (χ0) is 16.8. The summed E-state index contributed by atoms with van der Waals surface area (Å²) in [6.45, 7) is 0.496. The van der Waals surface area contributed by atoms with Gasteiger partial charge in [0.2, 0.25) is 0 Å². The van der Waals surface area contributed by atoms with Crippen LogP contribution in [0, 0.1) is 0 Å². The molecule has 0 unspecified atom stereocenters. The highest BCUT2D eigenvalue weighted by Gasteiger charge is 2.47. The van der Waals surface area contributed by atoms with E-state index in [0.717, 1.165) is 0 Å². The first-order valence-electron chi connectivity index (χ1n) is 7.56. The van der Waals surface area contributed by atoms with Crippen LogP contribution in [0.3, 0.4) is 0 Å². The van der Waals surface area contributed by atoms with Gasteiger partial charge in [-0.25, -0.2) is 0 Å². The third kappa shape index (κ3) is 2.53. The van der Waals surface area contributed by atoms with Gasteiger partial charge in [-0.1, -0.05) is 11.6 Å². The molecule has 0 aliphatic carbocycles. The minimum atomic E-state index is -0.658. The maximum Gasteiger partial charge on any atom is 0.287 e. The van der Waals surface area contributed by atoms with Crippen molar-refractivity contribution in [2.75, 3.05) is 20.3 Å². The minimum Gasteiger partial charge on any atom is -0.493 e. The summed E-state index contributed by atoms with van der Waals surface area (Å²) in [5, 5.41) is 13.7. The highest BCUT2D eigenvalue weighted by Crippen LogP contribution is 2.33. The Bertz CT molecular complexity index is 790. The van der Waals surface area contributed by atoms with Gasteiger partial charge in [-0.2, -0.15) is 0 Å². The lowest BCUT2D eigenvalue weighted by Gasteiger charge is -2.16. The van der Waals surface area contributed by atoms with Gasteiger partial charge in [0.15, 0.2) is 17.1 Å². The van der Waals surface area contributed by atoms with Crippen molar-refractivity contribution >= 4 is 28.5 Å². The Balaban J connectivity index is 1.56. The van der Waals surface area contributed by atoms with Crippen LogP contribution >= 0.6 is 11.6 Å². The summed E-state index contributed by atoms with van der Waals surface area (Å²) in [7, 11) is 1.51. The summed E-state index contributed by atoms with van der Waals surface area (Å²) < 4.78 is 21.8. The summed E-state index contributed by atoms with van der Waals surface area (Å²) >= 11 is 6.02. The molecule has 8 heteroatoms. The van der Waals surface area contributed by atoms with E-state index in [1.54, 1.807) is 18.2 Å². The minimum absolute atomic E-state index is 0.146. The van der Waals surface area contributed by atoms with Crippen LogP contribution in [0.25, 0.3) is 11.0 Å². The zero-order valence-electron chi connectivity index (χ0n) is 12.8. The molecule has 24 heavy (non-hydrogen) atoms. The van der Waals surface area contributed by atoms with Gasteiger partial charge in [0.05, 0.1) is 26.4 Å². The number of fused-ring (bicyclic) bond motifs is 2. The highest BCUT2D eigenvalue weighted by atomic mass is 35.5. The van der Waals surface area contributed by atoms with Gasteiger partial charge in [-0.05, 0) is 12.1 Å². The molecule has 2 N–H and O–H groups in total. The molecule has 1 aromatic carbocycles. The van der Waals surface area contributed by atoms with Crippen LogP contribution in [0.5, 0.6) is 5.75 Å². The molecule has 2 aromatic rings. The molecular weight excluding hydrogens is 338 g/mol. The number of aliphatic hydroxyl groups is 1. The number of benzene rings is 1. The van der Waals surface area contributed by atoms with E-state index in [1.807, 2.05) is 0 Å². The Labute approximate surface area is 142 Å². The first kappa shape index (κ1) is 15.7. The Hall–Kier alpha value is -1.80. The normalized spacial score (nSPS) is 29.0. The smallest absolute Gasteiger partial charge is 0.287 e. The van der Waals surface area contributed by atoms with E-state index >= 15 is 0 Å². The number of hydrogen-bond acceptors (Lipinski definition) is 6. The molecule has 0 radical (unpaired) electrons. The maximum atomic E-state index is 12.5. The van der Waals surface area contributed by atoms with Crippen molar-refractivity contribution < 1.29 is 28.5 Å². The van der Waals surface area contributed by atoms with Gasteiger partial charge in [-0.15, -0.1) is 0 Å². The molecular formula is C16H16ClNO6. The second-order valence-corrected chi connectivity index (χ2v) is 6.32. The number of halogens is 1. The van der Waals surface area contributed by atoms with Gasteiger partial charge in [0.25, 0.3) is 5.91 Å². The second-order valence-electron chi connectivity index (χ2n) is 5.88. The van der Waals surface area contributed by atoms with E-state index in [0.29, 0.717) is 21.7 Å². The third-order valence-corrected chi connectivity index (χ3v) is 4.55. The van der Waals surface area contributed by atoms with Crippen LogP contribution < -0.4 is 10.1 Å². The average molecular weight is 354 g/mol. The number of ether oxygens (including phenoxy) is 3. The van der Waals surface area contributed by atoms with Crippen molar-refractivity contribution in [3.05, 3.63) is 29.0 Å². The molecule has 2 saturated heterocycles. The van der Waals surface area contributed by atoms with E-state index in [1.165, 1.54) is 7.11 Å². The fourth-order valence-corrected chi connectivity index (χ4v) is 3.41. The Kier molecular flexibility index (Phi) is 3.88. The fourth-order valence-electron chi connectivity index (χ4n) is 3.19. The topological polar surface area (TPSA) is 90.2 Å². The summed E-state index contributed by atoms with van der Waals surface area (Å²) in [6.07, 6.45) is -1.41. The quantitative estimate of drug-likeness (QED) is 0.865. The fraction of sp³-hybridized carbons (Fsp3) is 0.438. The van der Waals surface area contributed by atoms with Crippen LogP contribution in [-0.2, 0) is 9.47 Å². The molecule has 2 fully saturated rings. The van der Waals surface area contributed by atoms with Gasteiger partial charge in [0, 0.05) is 16.5 Å². The molecule has 4 atom stereocenters. The largest absolute Gasteiger partial charge is 0.493 e. The van der Waals surface area contributed by atoms with Crippen molar-refractivity contribution in [3.8, 4) is 5.75 Å². The first-order valence-corrected chi connectivity index (χ1v) is 7.94. The van der Waals surface area contributed by atoms with Crippen LogP contribution in [0.2, 0.25) is 5.02 Å². The molecule has 4 rings (SSSR count). The SMILES string of the molecule is COc1cc(Cl)cc2cc(C(=O)N[C@@H]3CO[C@H]4[C@@H]3OC[C@H]4O)oc12. The van der Waals surface area contributed by atoms with Crippen molar-refractivity contribution in [1.29, 1.82) is 0 Å². The van der Waals surface area contributed by atoms with Crippen LogP contribution in [0.15, 0.2) is 22.6 Å². The number of carbonyl (C=O) groups excluding carboxylic acids is 1. The molecule has 1 aromatic heterocycles. The van der Waals surface area contributed by atoms with E-state index in [9.17, 15) is 9.90 Å². The van der Waals surface area contributed by atoms with Gasteiger partial charge < -0.3 is 29.1 Å². The molecule has 7 nitrogen and oxygen atoms in total. The number of hydrogen-bond donors (Lipinski definition) is 2. The van der Waals surface area contributed by atoms with E-state index in [-0.39, 0.29) is 37.0 Å². The standard InChI is InChI=1S/C16H16ClNO6/c1-21-11-4-8(17)2-7-3-12(24-13(7)11)16(20)18-9-5-22-15-10(19)6-23-14(9)15/h2-4,9-10,14-15,19H,5-6H2,1H3,(H,18,20)/t9-,10-,14-,15-/m1/s1. The highest BCUT2D eigenvalue weighted by molar-refractivity contribution is 6.31. The van der Waals surface area contributed by atoms with Gasteiger partial charge >= 0.3 is 0 Å². The number of rotatable bonds is 3. The lowest BCUT2D eigenvalue weighted by atomic mass is 10.1. The van der Waals surface area contributed by atoms with Crippen molar-refractivity contribution in [3.63, 3.8) is 0 Å². The van der Waals surface area contributed by atoms with Crippen molar-refractivity contribution in [1.82, 2.24) is 5.32 Å². The number of carbonyl (C=O) groups is 1. The molecule has 0 spiro atoms. The van der Waals surface area contributed by atoms with Crippen molar-refractivity contribution in [2.24, 2.45) is 0 Å². The monoisotopic (exact) mass is 353 g/mol. The Morgan fingerprint density at radius 3 is 2.88 bits per heavy atom. The predicted octanol–water partition coefficient (Wildman–Crippen LogP) is 1.35. The van der Waals surface area contributed by atoms with E-state index < -0.39 is 12.2 Å². The summed E-state index contributed by atoms with van der Waals surface area (Å²) in [6, 6.07) is 4.60. The lowest BCUT2D eigenvalue weighted by molar-refractivity contribution is 0.0178. The van der Waals surface area contributed by atoms with Gasteiger partial charge in [0.1, 0.15) is 18.3 Å². The second kappa shape index (κ2) is 5.93. The molecule has 0 saturated carbocycles. The molecule has 1 amide bonds. The lowest BCUT2D eigenvalue weighted by Crippen LogP contribution is -2.44. The predicted molar refractivity (Wildman–Crippen MR) is 84.5 cm³/mol. The Morgan fingerprint density at radius 2 is 2.08 bits per heavy atom. The Morgan fingerprint density at radius 1 is 1.29 bits per heavy atom. The van der Waals surface area contributed by atoms with Crippen LogP contribution in [0.1, 0.15) is 10.6 Å². The van der Waals surface area contributed by atoms with E-state index in [2.05, 4.69) is 5.32 Å². The summed E-state index contributed by atoms with van der Waals surface area (Å²) in [5.41, 5.74) is 0.458. The molecule has 128 valence electrons. The number of furan rings is 1. The van der Waals surface area contributed by atoms with Gasteiger partial charge in [-0.3, -0.25) is 4.79 Å². The molecule has 0 bridgehead atoms. The summed E-state index contributed by atoms with van der Waals surface area (Å²) in [5.74, 6) is 0.222. The summed E-state index contributed by atoms with van der Waals surface area (Å²) in [4.78, 5) is 12.5. The number of methoxy groups -OCH3 is 1. The molecule has 2 aliphatic rings. The third-order valence-electron chi connectivity index (χ3n) is 4.33. The van der Waals surface area contributed by atoms with Crippen molar-refractivity contribution in [2.45, 2.75) is 24.4 Å². The van der Waals surface area contributed by atoms with E-state index in [4.69, 9.17) is 30.2 Å². The molecule has 3 heterocycles. The average Bonchev–Trinajstić information content (AvgIpc) is 3.24. The first-order chi connectivity index (χ1) is 11.6. The molecule has 2 aliphatic heterocycles. The van der Waals surface area contributed by atoms with Crippen LogP contribution in [0.4, 0.5) is 0 Å². The maximum absolute atomic E-state index is 12.5.